The van der Waals surface area contributed by atoms with Gasteiger partial charge in [0.2, 0.25) is 5.91 Å². The number of ether oxygens (including phenoxy) is 2. The molecule has 1 N–H and O–H groups in total. The first-order valence-corrected chi connectivity index (χ1v) is 8.99. The lowest BCUT2D eigenvalue weighted by Gasteiger charge is -2.24. The summed E-state index contributed by atoms with van der Waals surface area (Å²) in [5, 5.41) is 3.27. The normalized spacial score (nSPS) is 11.0. The van der Waals surface area contributed by atoms with Crippen molar-refractivity contribution in [1.82, 2.24) is 4.90 Å². The minimum Gasteiger partial charge on any atom is -0.496 e. The van der Waals surface area contributed by atoms with E-state index >= 15 is 0 Å². The largest absolute Gasteiger partial charge is 0.496 e. The third-order valence-corrected chi connectivity index (χ3v) is 3.92. The van der Waals surface area contributed by atoms with E-state index in [4.69, 9.17) is 21.1 Å². The quantitative estimate of drug-likeness (QED) is 0.696. The van der Waals surface area contributed by atoms with Gasteiger partial charge in [0.15, 0.2) is 0 Å². The van der Waals surface area contributed by atoms with E-state index in [1.165, 1.54) is 4.90 Å². The summed E-state index contributed by atoms with van der Waals surface area (Å²) in [5.41, 5.74) is 0.922. The van der Waals surface area contributed by atoms with Gasteiger partial charge in [0.25, 0.3) is 0 Å². The fourth-order valence-electron chi connectivity index (χ4n) is 2.25. The molecule has 26 heavy (non-hydrogen) atoms. The maximum absolute atomic E-state index is 12.1. The zero-order chi connectivity index (χ0) is 19.9. The predicted octanol–water partition coefficient (Wildman–Crippen LogP) is 4.63. The zero-order valence-corrected chi connectivity index (χ0v) is 17.2. The third kappa shape index (κ3) is 7.52. The molecule has 0 saturated heterocycles. The molecule has 7 heteroatoms. The fourth-order valence-corrected chi connectivity index (χ4v) is 2.51. The molecule has 0 aliphatic rings. The Morgan fingerprint density at radius 1 is 1.23 bits per heavy atom. The Balaban J connectivity index is 2.41. The first-order valence-electron chi connectivity index (χ1n) is 8.61. The molecule has 0 aromatic heterocycles. The topological polar surface area (TPSA) is 67.9 Å². The molecule has 0 bridgehead atoms. The summed E-state index contributed by atoms with van der Waals surface area (Å²) in [6.45, 7) is 7.90. The van der Waals surface area contributed by atoms with E-state index in [9.17, 15) is 9.59 Å². The molecule has 0 atom stereocenters. The Labute approximate surface area is 160 Å². The first-order chi connectivity index (χ1) is 12.0. The van der Waals surface area contributed by atoms with Crippen molar-refractivity contribution in [2.45, 2.75) is 52.6 Å². The summed E-state index contributed by atoms with van der Waals surface area (Å²) in [6.07, 6.45) is 1.34. The van der Waals surface area contributed by atoms with Crippen molar-refractivity contribution in [2.24, 2.45) is 0 Å². The van der Waals surface area contributed by atoms with E-state index in [-0.39, 0.29) is 12.0 Å². The van der Waals surface area contributed by atoms with Crippen LogP contribution >= 0.6 is 11.6 Å². The van der Waals surface area contributed by atoms with Crippen molar-refractivity contribution in [1.29, 1.82) is 0 Å². The van der Waals surface area contributed by atoms with Gasteiger partial charge in [0.05, 0.1) is 17.8 Å². The van der Waals surface area contributed by atoms with Gasteiger partial charge in [0, 0.05) is 26.1 Å². The lowest BCUT2D eigenvalue weighted by molar-refractivity contribution is -0.116. The summed E-state index contributed by atoms with van der Waals surface area (Å²) >= 11 is 6.16. The Kier molecular flexibility index (Phi) is 8.21. The van der Waals surface area contributed by atoms with Crippen molar-refractivity contribution >= 4 is 29.3 Å². The summed E-state index contributed by atoms with van der Waals surface area (Å²) in [7, 11) is 3.26. The second-order valence-electron chi connectivity index (χ2n) is 7.21. The fraction of sp³-hybridized carbons (Fsp3) is 0.579. The van der Waals surface area contributed by atoms with Crippen LogP contribution in [-0.2, 0) is 9.53 Å². The number of nitrogens with one attached hydrogen (secondary N) is 1. The molecule has 6 nitrogen and oxygen atoms in total. The second kappa shape index (κ2) is 9.67. The number of nitrogens with zero attached hydrogens (tertiary/aromatic N) is 1. The van der Waals surface area contributed by atoms with Crippen LogP contribution in [0.25, 0.3) is 0 Å². The maximum Gasteiger partial charge on any atom is 0.410 e. The molecule has 146 valence electrons. The van der Waals surface area contributed by atoms with Crippen LogP contribution in [-0.4, -0.2) is 43.2 Å². The van der Waals surface area contributed by atoms with Crippen LogP contribution in [0.2, 0.25) is 5.02 Å². The van der Waals surface area contributed by atoms with Crippen LogP contribution < -0.4 is 10.1 Å². The number of amides is 2. The Morgan fingerprint density at radius 2 is 1.88 bits per heavy atom. The zero-order valence-electron chi connectivity index (χ0n) is 16.4. The summed E-state index contributed by atoms with van der Waals surface area (Å²) < 4.78 is 10.5. The van der Waals surface area contributed by atoms with Gasteiger partial charge >= 0.3 is 6.09 Å². The molecule has 1 aromatic carbocycles. The van der Waals surface area contributed by atoms with Gasteiger partial charge in [0.1, 0.15) is 11.4 Å². The van der Waals surface area contributed by atoms with Gasteiger partial charge in [-0.15, -0.1) is 0 Å². The van der Waals surface area contributed by atoms with Crippen LogP contribution in [0.1, 0.15) is 45.6 Å². The Hall–Kier alpha value is -1.95. The van der Waals surface area contributed by atoms with Gasteiger partial charge in [-0.25, -0.2) is 4.79 Å². The molecule has 0 heterocycles. The molecule has 1 rings (SSSR count). The average molecular weight is 385 g/mol. The van der Waals surface area contributed by atoms with Crippen LogP contribution in [0.5, 0.6) is 5.75 Å². The molecule has 0 aliphatic heterocycles. The van der Waals surface area contributed by atoms with E-state index in [0.717, 1.165) is 5.56 Å². The number of benzene rings is 1. The van der Waals surface area contributed by atoms with E-state index < -0.39 is 5.60 Å². The van der Waals surface area contributed by atoms with E-state index in [1.807, 2.05) is 27.7 Å². The van der Waals surface area contributed by atoms with E-state index in [0.29, 0.717) is 42.3 Å². The number of hydrogen-bond donors (Lipinski definition) is 1. The molecular formula is C19H29ClN2O4. The summed E-state index contributed by atoms with van der Waals surface area (Å²) in [6, 6.07) is 3.47. The van der Waals surface area contributed by atoms with Crippen molar-refractivity contribution in [3.63, 3.8) is 0 Å². The number of aryl methyl sites for hydroxylation is 1. The number of rotatable bonds is 7. The molecule has 0 radical (unpaired) electrons. The molecule has 1 aromatic rings. The van der Waals surface area contributed by atoms with Gasteiger partial charge < -0.3 is 19.7 Å². The van der Waals surface area contributed by atoms with Crippen LogP contribution in [0, 0.1) is 6.92 Å². The number of carbonyl (C=O) groups excluding carboxylic acids is 2. The molecule has 0 saturated carbocycles. The van der Waals surface area contributed by atoms with Crippen molar-refractivity contribution < 1.29 is 19.1 Å². The highest BCUT2D eigenvalue weighted by Crippen LogP contribution is 2.30. The number of hydrogen-bond acceptors (Lipinski definition) is 4. The average Bonchev–Trinajstić information content (AvgIpc) is 2.52. The number of carbonyl (C=O) groups is 2. The molecule has 0 aliphatic carbocycles. The highest BCUT2D eigenvalue weighted by molar-refractivity contribution is 6.33. The molecule has 2 amide bonds. The highest BCUT2D eigenvalue weighted by atomic mass is 35.5. The molecule has 0 fully saturated rings. The highest BCUT2D eigenvalue weighted by Gasteiger charge is 2.19. The van der Waals surface area contributed by atoms with Crippen LogP contribution in [0.15, 0.2) is 12.1 Å². The van der Waals surface area contributed by atoms with Gasteiger partial charge in [-0.2, -0.15) is 0 Å². The van der Waals surface area contributed by atoms with Crippen LogP contribution in [0.3, 0.4) is 0 Å². The predicted molar refractivity (Wildman–Crippen MR) is 104 cm³/mol. The Bertz CT molecular complexity index is 641. The minimum absolute atomic E-state index is 0.127. The van der Waals surface area contributed by atoms with E-state index in [2.05, 4.69) is 5.32 Å². The minimum atomic E-state index is -0.514. The first kappa shape index (κ1) is 22.1. The summed E-state index contributed by atoms with van der Waals surface area (Å²) in [4.78, 5) is 25.5. The number of halogens is 1. The van der Waals surface area contributed by atoms with Gasteiger partial charge in [-0.1, -0.05) is 11.6 Å². The molecule has 0 spiro atoms. The third-order valence-electron chi connectivity index (χ3n) is 3.61. The summed E-state index contributed by atoms with van der Waals surface area (Å²) in [5.74, 6) is 0.543. The lowest BCUT2D eigenvalue weighted by atomic mass is 10.2. The maximum atomic E-state index is 12.1. The van der Waals surface area contributed by atoms with Crippen molar-refractivity contribution in [3.05, 3.63) is 22.7 Å². The van der Waals surface area contributed by atoms with Crippen molar-refractivity contribution in [2.75, 3.05) is 26.0 Å². The van der Waals surface area contributed by atoms with Crippen LogP contribution in [0.4, 0.5) is 10.5 Å². The lowest BCUT2D eigenvalue weighted by Crippen LogP contribution is -2.34. The van der Waals surface area contributed by atoms with E-state index in [1.54, 1.807) is 26.3 Å². The van der Waals surface area contributed by atoms with Crippen molar-refractivity contribution in [3.8, 4) is 5.75 Å². The SMILES string of the molecule is COc1cc(NC(=O)CCCCN(C)C(=O)OC(C)(C)C)c(Cl)cc1C. The number of unbranched alkanes of at least 4 members (excludes halogenated alkanes) is 1. The monoisotopic (exact) mass is 384 g/mol. The van der Waals surface area contributed by atoms with Gasteiger partial charge in [-0.05, 0) is 52.2 Å². The smallest absolute Gasteiger partial charge is 0.410 e. The second-order valence-corrected chi connectivity index (χ2v) is 7.62. The molecular weight excluding hydrogens is 356 g/mol. The standard InChI is InChI=1S/C19H29ClN2O4/c1-13-11-14(20)15(12-16(13)25-6)21-17(23)9-7-8-10-22(5)18(24)26-19(2,3)4/h11-12H,7-10H2,1-6H3,(H,21,23). The molecule has 0 unspecified atom stereocenters. The Morgan fingerprint density at radius 3 is 2.46 bits per heavy atom. The number of methoxy groups -OCH3 is 1. The van der Waals surface area contributed by atoms with Gasteiger partial charge in [-0.3, -0.25) is 4.79 Å². The number of anilines is 1.